The van der Waals surface area contributed by atoms with E-state index in [1.54, 1.807) is 25.1 Å². The minimum atomic E-state index is -3.26. The van der Waals surface area contributed by atoms with Gasteiger partial charge in [-0.05, 0) is 54.8 Å². The molecule has 0 aliphatic carbocycles. The minimum Gasteiger partial charge on any atom is -0.374 e. The highest BCUT2D eigenvalue weighted by Gasteiger charge is 2.13. The highest BCUT2D eigenvalue weighted by atomic mass is 35.5. The molecule has 33 heavy (non-hydrogen) atoms. The summed E-state index contributed by atoms with van der Waals surface area (Å²) in [5, 5.41) is 3.38. The average molecular weight is 486 g/mol. The Kier molecular flexibility index (Phi) is 8.30. The predicted molar refractivity (Wildman–Crippen MR) is 133 cm³/mol. The topological polar surface area (TPSA) is 72.5 Å². The number of halogens is 1. The summed E-state index contributed by atoms with van der Waals surface area (Å²) in [4.78, 5) is 12.8. The van der Waals surface area contributed by atoms with Crippen LogP contribution in [0.3, 0.4) is 0 Å². The first-order valence-corrected chi connectivity index (χ1v) is 12.8. The van der Waals surface area contributed by atoms with Crippen molar-refractivity contribution in [3.63, 3.8) is 0 Å². The summed E-state index contributed by atoms with van der Waals surface area (Å²) in [6.07, 6.45) is 0.250. The van der Waals surface area contributed by atoms with Crippen molar-refractivity contribution in [2.24, 2.45) is 0 Å². The van der Waals surface area contributed by atoms with Crippen molar-refractivity contribution in [1.29, 1.82) is 0 Å². The van der Waals surface area contributed by atoms with E-state index in [0.29, 0.717) is 17.3 Å². The molecule has 1 amide bonds. The van der Waals surface area contributed by atoms with Gasteiger partial charge in [-0.25, -0.2) is 8.42 Å². The molecule has 1 N–H and O–H groups in total. The molecule has 0 spiro atoms. The number of anilines is 1. The summed E-state index contributed by atoms with van der Waals surface area (Å²) in [5.74, 6) is -0.172. The van der Waals surface area contributed by atoms with Gasteiger partial charge in [0.05, 0.1) is 34.8 Å². The highest BCUT2D eigenvalue weighted by molar-refractivity contribution is 7.91. The number of hydrogen-bond acceptors (Lipinski definition) is 4. The molecule has 0 atom stereocenters. The molecule has 0 bridgehead atoms. The van der Waals surface area contributed by atoms with Gasteiger partial charge >= 0.3 is 0 Å². The van der Waals surface area contributed by atoms with Gasteiger partial charge in [-0.1, -0.05) is 61.0 Å². The number of nitrogens with one attached hydrogen (secondary N) is 1. The van der Waals surface area contributed by atoms with E-state index in [-0.39, 0.29) is 29.1 Å². The van der Waals surface area contributed by atoms with E-state index in [0.717, 1.165) is 22.3 Å². The van der Waals surface area contributed by atoms with Crippen LogP contribution in [0.1, 0.15) is 31.9 Å². The van der Waals surface area contributed by atoms with E-state index in [9.17, 15) is 13.2 Å². The molecule has 174 valence electrons. The molecule has 3 rings (SSSR count). The van der Waals surface area contributed by atoms with E-state index >= 15 is 0 Å². The second-order valence-corrected chi connectivity index (χ2v) is 10.7. The number of rotatable bonds is 9. The zero-order valence-electron chi connectivity index (χ0n) is 19.0. The normalized spacial score (nSPS) is 11.5. The second-order valence-electron chi connectivity index (χ2n) is 7.98. The maximum Gasteiger partial charge on any atom is 0.228 e. The zero-order valence-corrected chi connectivity index (χ0v) is 20.5. The van der Waals surface area contributed by atoms with Gasteiger partial charge < -0.3 is 10.1 Å². The molecular weight excluding hydrogens is 458 g/mol. The van der Waals surface area contributed by atoms with Crippen molar-refractivity contribution in [3.8, 4) is 11.1 Å². The average Bonchev–Trinajstić information content (AvgIpc) is 2.78. The Bertz CT molecular complexity index is 1220. The van der Waals surface area contributed by atoms with E-state index in [4.69, 9.17) is 16.3 Å². The van der Waals surface area contributed by atoms with E-state index in [1.165, 1.54) is 12.1 Å². The lowest BCUT2D eigenvalue weighted by Gasteiger charge is -2.14. The summed E-state index contributed by atoms with van der Waals surface area (Å²) in [6.45, 7) is 6.08. The Morgan fingerprint density at radius 2 is 1.70 bits per heavy atom. The molecule has 0 radical (unpaired) electrons. The monoisotopic (exact) mass is 485 g/mol. The number of ether oxygens (including phenoxy) is 1. The molecule has 3 aromatic rings. The Balaban J connectivity index is 1.70. The van der Waals surface area contributed by atoms with Crippen LogP contribution >= 0.6 is 11.6 Å². The van der Waals surface area contributed by atoms with Crippen LogP contribution < -0.4 is 5.32 Å². The van der Waals surface area contributed by atoms with Crippen LogP contribution in [-0.4, -0.2) is 26.2 Å². The molecule has 3 aromatic carbocycles. The smallest absolute Gasteiger partial charge is 0.228 e. The molecule has 0 aromatic heterocycles. The van der Waals surface area contributed by atoms with Gasteiger partial charge in [-0.3, -0.25) is 4.79 Å². The second kappa shape index (κ2) is 11.0. The van der Waals surface area contributed by atoms with Crippen LogP contribution in [0.5, 0.6) is 0 Å². The van der Waals surface area contributed by atoms with Crippen LogP contribution in [-0.2, 0) is 32.4 Å². The van der Waals surface area contributed by atoms with Crippen LogP contribution in [0.4, 0.5) is 5.69 Å². The van der Waals surface area contributed by atoms with Gasteiger partial charge in [0.1, 0.15) is 0 Å². The number of hydrogen-bond donors (Lipinski definition) is 1. The molecule has 0 aliphatic rings. The molecule has 0 fully saturated rings. The van der Waals surface area contributed by atoms with Crippen LogP contribution in [0.15, 0.2) is 71.6 Å². The molecule has 0 unspecified atom stereocenters. The lowest BCUT2D eigenvalue weighted by molar-refractivity contribution is -0.115. The number of benzene rings is 3. The SMILES string of the molecule is CCS(=O)(=O)c1ccc(CC(=O)Nc2ccc(-c3ccccc3COC(C)C)c(Cl)c2)cc1. The van der Waals surface area contributed by atoms with Crippen LogP contribution in [0.2, 0.25) is 5.02 Å². The molecule has 0 aliphatic heterocycles. The minimum absolute atomic E-state index is 0.0405. The maximum atomic E-state index is 12.5. The first kappa shape index (κ1) is 25.0. The lowest BCUT2D eigenvalue weighted by Crippen LogP contribution is -2.14. The summed E-state index contributed by atoms with van der Waals surface area (Å²) in [5.41, 5.74) is 4.21. The standard InChI is InChI=1S/C26H28ClNO4S/c1-4-33(30,31)22-12-9-19(10-13-22)15-26(29)28-21-11-14-24(25(27)16-21)23-8-6-5-7-20(23)17-32-18(2)3/h5-14,16,18H,4,15,17H2,1-3H3,(H,28,29). The van der Waals surface area contributed by atoms with Gasteiger partial charge in [0.15, 0.2) is 9.84 Å². The van der Waals surface area contributed by atoms with Crippen molar-refractivity contribution in [1.82, 2.24) is 0 Å². The molecular formula is C26H28ClNO4S. The van der Waals surface area contributed by atoms with Gasteiger partial charge in [0, 0.05) is 11.3 Å². The molecule has 0 saturated heterocycles. The summed E-state index contributed by atoms with van der Waals surface area (Å²) in [6, 6.07) is 19.8. The van der Waals surface area contributed by atoms with E-state index < -0.39 is 9.84 Å². The van der Waals surface area contributed by atoms with Gasteiger partial charge in [-0.2, -0.15) is 0 Å². The summed E-state index contributed by atoms with van der Waals surface area (Å²) in [7, 11) is -3.26. The third kappa shape index (κ3) is 6.67. The van der Waals surface area contributed by atoms with Crippen LogP contribution in [0, 0.1) is 0 Å². The largest absolute Gasteiger partial charge is 0.374 e. The predicted octanol–water partition coefficient (Wildman–Crippen LogP) is 5.91. The Labute approximate surface area is 200 Å². The van der Waals surface area contributed by atoms with Crippen molar-refractivity contribution in [2.45, 2.75) is 44.8 Å². The number of carbonyl (C=O) groups is 1. The van der Waals surface area contributed by atoms with Gasteiger partial charge in [-0.15, -0.1) is 0 Å². The molecule has 5 nitrogen and oxygen atoms in total. The summed E-state index contributed by atoms with van der Waals surface area (Å²) >= 11 is 6.57. The number of carbonyl (C=O) groups excluding carboxylic acids is 1. The molecule has 0 heterocycles. The van der Waals surface area contributed by atoms with Crippen LogP contribution in [0.25, 0.3) is 11.1 Å². The third-order valence-electron chi connectivity index (χ3n) is 5.16. The number of amides is 1. The maximum absolute atomic E-state index is 12.5. The Hall–Kier alpha value is -2.67. The Morgan fingerprint density at radius 1 is 1.00 bits per heavy atom. The number of sulfone groups is 1. The van der Waals surface area contributed by atoms with Crippen molar-refractivity contribution in [2.75, 3.05) is 11.1 Å². The van der Waals surface area contributed by atoms with Gasteiger partial charge in [0.25, 0.3) is 0 Å². The van der Waals surface area contributed by atoms with Crippen molar-refractivity contribution < 1.29 is 17.9 Å². The first-order valence-electron chi connectivity index (χ1n) is 10.8. The lowest BCUT2D eigenvalue weighted by atomic mass is 9.99. The first-order chi connectivity index (χ1) is 15.7. The fourth-order valence-corrected chi connectivity index (χ4v) is 4.51. The Morgan fingerprint density at radius 3 is 2.33 bits per heavy atom. The van der Waals surface area contributed by atoms with Crippen molar-refractivity contribution >= 4 is 33.0 Å². The molecule has 7 heteroatoms. The van der Waals surface area contributed by atoms with Crippen molar-refractivity contribution in [3.05, 3.63) is 82.9 Å². The fourth-order valence-electron chi connectivity index (χ4n) is 3.35. The molecule has 0 saturated carbocycles. The summed E-state index contributed by atoms with van der Waals surface area (Å²) < 4.78 is 29.6. The van der Waals surface area contributed by atoms with E-state index in [2.05, 4.69) is 5.32 Å². The highest BCUT2D eigenvalue weighted by Crippen LogP contribution is 2.33. The van der Waals surface area contributed by atoms with Gasteiger partial charge in [0.2, 0.25) is 5.91 Å². The third-order valence-corrected chi connectivity index (χ3v) is 7.22. The zero-order chi connectivity index (χ0) is 24.0. The van der Waals surface area contributed by atoms with E-state index in [1.807, 2.05) is 50.2 Å². The quantitative estimate of drug-likeness (QED) is 0.409. The fraction of sp³-hybridized carbons (Fsp3) is 0.269.